The Bertz CT molecular complexity index is 1550. The maximum absolute atomic E-state index is 13.7. The topological polar surface area (TPSA) is 64.0 Å². The molecule has 0 radical (unpaired) electrons. The van der Waals surface area contributed by atoms with Gasteiger partial charge in [0.05, 0.1) is 30.1 Å². The highest BCUT2D eigenvalue weighted by Gasteiger charge is 2.21. The highest BCUT2D eigenvalue weighted by molar-refractivity contribution is 7.22. The van der Waals surface area contributed by atoms with Crippen LogP contribution in [0.15, 0.2) is 102 Å². The lowest BCUT2D eigenvalue weighted by molar-refractivity contribution is 0.0988. The average Bonchev–Trinajstić information content (AvgIpc) is 3.38. The van der Waals surface area contributed by atoms with Gasteiger partial charge in [-0.05, 0) is 84.6 Å². The Morgan fingerprint density at radius 1 is 0.921 bits per heavy atom. The Hall–Kier alpha value is -4.49. The first-order chi connectivity index (χ1) is 18.6. The summed E-state index contributed by atoms with van der Waals surface area (Å²) in [6, 6.07) is 31.1. The number of carbonyl (C=O) groups excluding carboxylic acids is 1. The van der Waals surface area contributed by atoms with Crippen LogP contribution < -0.4 is 14.5 Å². The van der Waals surface area contributed by atoms with Gasteiger partial charge in [0.2, 0.25) is 5.13 Å². The number of aromatic nitrogens is 1. The molecule has 0 N–H and O–H groups in total. The summed E-state index contributed by atoms with van der Waals surface area (Å²) >= 11 is 1.39. The Balaban J connectivity index is 1.44. The van der Waals surface area contributed by atoms with Crippen molar-refractivity contribution in [2.24, 2.45) is 5.10 Å². The monoisotopic (exact) mass is 521 g/mol. The maximum atomic E-state index is 13.7. The van der Waals surface area contributed by atoms with E-state index in [2.05, 4.69) is 17.2 Å². The van der Waals surface area contributed by atoms with Crippen LogP contribution in [-0.2, 0) is 6.42 Å². The van der Waals surface area contributed by atoms with Crippen molar-refractivity contribution >= 4 is 38.8 Å². The zero-order valence-corrected chi connectivity index (χ0v) is 22.0. The number of nitrogens with zero attached hydrogens (tertiary/aromatic N) is 3. The van der Waals surface area contributed by atoms with E-state index in [1.54, 1.807) is 13.3 Å². The van der Waals surface area contributed by atoms with Gasteiger partial charge in [0.25, 0.3) is 5.91 Å². The molecule has 1 aromatic heterocycles. The Morgan fingerprint density at radius 2 is 1.63 bits per heavy atom. The first-order valence-corrected chi connectivity index (χ1v) is 13.1. The quantitative estimate of drug-likeness (QED) is 0.155. The van der Waals surface area contributed by atoms with Gasteiger partial charge in [-0.1, -0.05) is 53.8 Å². The second-order valence-corrected chi connectivity index (χ2v) is 9.56. The molecule has 0 spiro atoms. The minimum Gasteiger partial charge on any atom is -0.497 e. The zero-order chi connectivity index (χ0) is 26.3. The highest BCUT2D eigenvalue weighted by Crippen LogP contribution is 2.32. The molecule has 0 aliphatic rings. The molecule has 5 rings (SSSR count). The molecule has 5 aromatic rings. The van der Waals surface area contributed by atoms with Crippen molar-refractivity contribution in [3.05, 3.63) is 119 Å². The molecule has 0 unspecified atom stereocenters. The molecule has 0 saturated carbocycles. The number of rotatable bonds is 9. The minimum atomic E-state index is -0.260. The molecule has 0 atom stereocenters. The fourth-order valence-corrected chi connectivity index (χ4v) is 4.91. The van der Waals surface area contributed by atoms with Gasteiger partial charge in [-0.25, -0.2) is 4.98 Å². The van der Waals surface area contributed by atoms with Gasteiger partial charge in [0, 0.05) is 5.56 Å². The molecule has 6 nitrogen and oxygen atoms in total. The van der Waals surface area contributed by atoms with E-state index in [1.165, 1.54) is 21.9 Å². The van der Waals surface area contributed by atoms with Crippen LogP contribution >= 0.6 is 11.3 Å². The number of hydrogen-bond acceptors (Lipinski definition) is 6. The van der Waals surface area contributed by atoms with Gasteiger partial charge in [-0.3, -0.25) is 4.79 Å². The summed E-state index contributed by atoms with van der Waals surface area (Å²) in [6.45, 7) is 2.54. The molecule has 190 valence electrons. The first kappa shape index (κ1) is 25.2. The number of hydrogen-bond donors (Lipinski definition) is 0. The largest absolute Gasteiger partial charge is 0.497 e. The van der Waals surface area contributed by atoms with Crippen LogP contribution in [0.4, 0.5) is 5.13 Å². The second kappa shape index (κ2) is 11.7. The van der Waals surface area contributed by atoms with Gasteiger partial charge in [0.1, 0.15) is 11.5 Å². The lowest BCUT2D eigenvalue weighted by Gasteiger charge is -2.14. The van der Waals surface area contributed by atoms with Crippen molar-refractivity contribution in [3.63, 3.8) is 0 Å². The molecule has 4 aromatic carbocycles. The first-order valence-electron chi connectivity index (χ1n) is 12.3. The molecule has 38 heavy (non-hydrogen) atoms. The van der Waals surface area contributed by atoms with Crippen LogP contribution in [0, 0.1) is 0 Å². The van der Waals surface area contributed by atoms with Gasteiger partial charge >= 0.3 is 0 Å². The van der Waals surface area contributed by atoms with Crippen LogP contribution in [0.1, 0.15) is 34.0 Å². The predicted octanol–water partition coefficient (Wildman–Crippen LogP) is 6.98. The third kappa shape index (κ3) is 5.90. The van der Waals surface area contributed by atoms with E-state index in [-0.39, 0.29) is 5.91 Å². The van der Waals surface area contributed by atoms with E-state index in [4.69, 9.17) is 14.5 Å². The number of amides is 1. The number of hydrazone groups is 1. The summed E-state index contributed by atoms with van der Waals surface area (Å²) in [4.78, 5) is 18.4. The predicted molar refractivity (Wildman–Crippen MR) is 154 cm³/mol. The average molecular weight is 522 g/mol. The van der Waals surface area contributed by atoms with Crippen molar-refractivity contribution in [2.45, 2.75) is 13.3 Å². The smallest absolute Gasteiger partial charge is 0.280 e. The SMILES string of the molecule is CCOc1ccc(/C=N/N(C(=O)c2ccc(Cc3ccccc3)cc2)c2nc3ccc(OC)cc3s2)cc1. The lowest BCUT2D eigenvalue weighted by Crippen LogP contribution is -2.25. The molecule has 1 heterocycles. The van der Waals surface area contributed by atoms with Gasteiger partial charge in [0.15, 0.2) is 0 Å². The van der Waals surface area contributed by atoms with E-state index < -0.39 is 0 Å². The third-order valence-electron chi connectivity index (χ3n) is 5.92. The minimum absolute atomic E-state index is 0.260. The van der Waals surface area contributed by atoms with Crippen molar-refractivity contribution in [1.82, 2.24) is 4.98 Å². The van der Waals surface area contributed by atoms with Crippen LogP contribution in [0.25, 0.3) is 10.2 Å². The van der Waals surface area contributed by atoms with Crippen LogP contribution in [0.3, 0.4) is 0 Å². The van der Waals surface area contributed by atoms with Crippen LogP contribution in [-0.4, -0.2) is 30.8 Å². The summed E-state index contributed by atoms with van der Waals surface area (Å²) in [5.74, 6) is 1.26. The molecule has 0 fully saturated rings. The highest BCUT2D eigenvalue weighted by atomic mass is 32.1. The van der Waals surface area contributed by atoms with E-state index in [0.29, 0.717) is 17.3 Å². The van der Waals surface area contributed by atoms with Crippen molar-refractivity contribution in [2.75, 3.05) is 18.7 Å². The van der Waals surface area contributed by atoms with Gasteiger partial charge in [-0.15, -0.1) is 0 Å². The molecular formula is C31H27N3O3S. The number of thiazole rings is 1. The molecule has 0 bridgehead atoms. The van der Waals surface area contributed by atoms with Crippen molar-refractivity contribution < 1.29 is 14.3 Å². The van der Waals surface area contributed by atoms with Gasteiger partial charge in [-0.2, -0.15) is 10.1 Å². The summed E-state index contributed by atoms with van der Waals surface area (Å²) in [5, 5.41) is 6.42. The summed E-state index contributed by atoms with van der Waals surface area (Å²) in [6.07, 6.45) is 2.46. The standard InChI is InChI=1S/C31H27N3O3S/c1-3-37-26-15-11-24(12-16-26)21-32-34(31-33-28-18-17-27(36-2)20-29(28)38-31)30(35)25-13-9-23(10-14-25)19-22-7-5-4-6-8-22/h4-18,20-21H,3,19H2,1-2H3/b32-21+. The molecular weight excluding hydrogens is 494 g/mol. The van der Waals surface area contributed by atoms with Crippen LogP contribution in [0.5, 0.6) is 11.5 Å². The van der Waals surface area contributed by atoms with Crippen LogP contribution in [0.2, 0.25) is 0 Å². The summed E-state index contributed by atoms with van der Waals surface area (Å²) in [7, 11) is 1.63. The van der Waals surface area contributed by atoms with E-state index in [1.807, 2.05) is 91.9 Å². The van der Waals surface area contributed by atoms with E-state index in [0.717, 1.165) is 39.3 Å². The number of fused-ring (bicyclic) bond motifs is 1. The maximum Gasteiger partial charge on any atom is 0.280 e. The fourth-order valence-electron chi connectivity index (χ4n) is 3.96. The molecule has 0 saturated heterocycles. The molecule has 0 aliphatic heterocycles. The van der Waals surface area contributed by atoms with Crippen molar-refractivity contribution in [1.29, 1.82) is 0 Å². The number of anilines is 1. The molecule has 0 aliphatic carbocycles. The second-order valence-electron chi connectivity index (χ2n) is 8.55. The number of benzene rings is 4. The number of methoxy groups -OCH3 is 1. The third-order valence-corrected chi connectivity index (χ3v) is 6.92. The van der Waals surface area contributed by atoms with Gasteiger partial charge < -0.3 is 9.47 Å². The van der Waals surface area contributed by atoms with Crippen molar-refractivity contribution in [3.8, 4) is 11.5 Å². The van der Waals surface area contributed by atoms with E-state index >= 15 is 0 Å². The summed E-state index contributed by atoms with van der Waals surface area (Å²) in [5.41, 5.74) is 4.50. The Labute approximate surface area is 225 Å². The normalized spacial score (nSPS) is 11.1. The summed E-state index contributed by atoms with van der Waals surface area (Å²) < 4.78 is 11.8. The molecule has 1 amide bonds. The zero-order valence-electron chi connectivity index (χ0n) is 21.2. The molecule has 7 heteroatoms. The number of carbonyl (C=O) groups is 1. The lowest BCUT2D eigenvalue weighted by atomic mass is 10.0. The number of ether oxygens (including phenoxy) is 2. The fraction of sp³-hybridized carbons (Fsp3) is 0.129. The Morgan fingerprint density at radius 3 is 2.34 bits per heavy atom. The Kier molecular flexibility index (Phi) is 7.75. The van der Waals surface area contributed by atoms with E-state index in [9.17, 15) is 4.79 Å².